The second-order valence-electron chi connectivity index (χ2n) is 4.32. The summed E-state index contributed by atoms with van der Waals surface area (Å²) in [7, 11) is 1.60. The molecule has 1 unspecified atom stereocenters. The average Bonchev–Trinajstić information content (AvgIpc) is 2.59. The zero-order valence-corrected chi connectivity index (χ0v) is 10.6. The molecule has 0 aliphatic carbocycles. The molecule has 0 aromatic heterocycles. The minimum absolute atomic E-state index is 0.0259. The lowest BCUT2D eigenvalue weighted by Crippen LogP contribution is -2.44. The fraction of sp³-hybridized carbons (Fsp3) is 0.917. The summed E-state index contributed by atoms with van der Waals surface area (Å²) in [6.07, 6.45) is 4.12. The van der Waals surface area contributed by atoms with Gasteiger partial charge in [0, 0.05) is 13.7 Å². The molecular formula is C12H23NO4. The molecule has 1 amide bonds. The Bertz CT molecular complexity index is 223. The SMILES string of the molecule is COCCOCC(=O)N1CCCCCC1CO. The zero-order chi connectivity index (χ0) is 12.5. The molecule has 5 heteroatoms. The standard InChI is InChI=1S/C12H23NO4/c1-16-7-8-17-10-12(15)13-6-4-2-3-5-11(13)9-14/h11,14H,2-10H2,1H3. The Morgan fingerprint density at radius 3 is 2.88 bits per heavy atom. The summed E-state index contributed by atoms with van der Waals surface area (Å²) >= 11 is 0. The number of carbonyl (C=O) groups excluding carboxylic acids is 1. The highest BCUT2D eigenvalue weighted by molar-refractivity contribution is 5.77. The molecular weight excluding hydrogens is 222 g/mol. The summed E-state index contributed by atoms with van der Waals surface area (Å²) < 4.78 is 10.1. The van der Waals surface area contributed by atoms with Gasteiger partial charge in [-0.3, -0.25) is 4.79 Å². The van der Waals surface area contributed by atoms with Crippen LogP contribution in [-0.4, -0.2) is 62.0 Å². The van der Waals surface area contributed by atoms with Crippen molar-refractivity contribution >= 4 is 5.91 Å². The normalized spacial score (nSPS) is 21.3. The number of aliphatic hydroxyl groups is 1. The minimum atomic E-state index is -0.0315. The van der Waals surface area contributed by atoms with Gasteiger partial charge in [0.25, 0.3) is 0 Å². The Morgan fingerprint density at radius 2 is 2.18 bits per heavy atom. The third kappa shape index (κ3) is 5.02. The molecule has 5 nitrogen and oxygen atoms in total. The first-order chi connectivity index (χ1) is 8.29. The van der Waals surface area contributed by atoms with E-state index in [4.69, 9.17) is 9.47 Å². The molecule has 1 heterocycles. The van der Waals surface area contributed by atoms with Crippen molar-refractivity contribution in [1.82, 2.24) is 4.90 Å². The number of methoxy groups -OCH3 is 1. The van der Waals surface area contributed by atoms with Gasteiger partial charge in [-0.2, -0.15) is 0 Å². The number of nitrogens with zero attached hydrogens (tertiary/aromatic N) is 1. The monoisotopic (exact) mass is 245 g/mol. The van der Waals surface area contributed by atoms with Crippen molar-refractivity contribution in [2.45, 2.75) is 31.7 Å². The Labute approximate surface area is 103 Å². The lowest BCUT2D eigenvalue weighted by molar-refractivity contribution is -0.139. The second kappa shape index (κ2) is 8.44. The molecule has 0 aromatic rings. The van der Waals surface area contributed by atoms with Crippen molar-refractivity contribution in [1.29, 1.82) is 0 Å². The van der Waals surface area contributed by atoms with Gasteiger partial charge in [-0.1, -0.05) is 12.8 Å². The van der Waals surface area contributed by atoms with Crippen LogP contribution in [0.25, 0.3) is 0 Å². The van der Waals surface area contributed by atoms with E-state index in [0.717, 1.165) is 32.2 Å². The Morgan fingerprint density at radius 1 is 1.35 bits per heavy atom. The number of hydrogen-bond donors (Lipinski definition) is 1. The van der Waals surface area contributed by atoms with Crippen molar-refractivity contribution in [3.8, 4) is 0 Å². The van der Waals surface area contributed by atoms with Gasteiger partial charge in [0.15, 0.2) is 0 Å². The van der Waals surface area contributed by atoms with E-state index < -0.39 is 0 Å². The van der Waals surface area contributed by atoms with Gasteiger partial charge >= 0.3 is 0 Å². The smallest absolute Gasteiger partial charge is 0.248 e. The number of hydrogen-bond acceptors (Lipinski definition) is 4. The number of rotatable bonds is 6. The van der Waals surface area contributed by atoms with Gasteiger partial charge in [0.05, 0.1) is 25.9 Å². The van der Waals surface area contributed by atoms with Gasteiger partial charge < -0.3 is 19.5 Å². The number of likely N-dealkylation sites (tertiary alicyclic amines) is 1. The van der Waals surface area contributed by atoms with Crippen molar-refractivity contribution < 1.29 is 19.4 Å². The van der Waals surface area contributed by atoms with E-state index in [1.807, 2.05) is 0 Å². The van der Waals surface area contributed by atoms with Crippen molar-refractivity contribution in [2.75, 3.05) is 40.1 Å². The Hall–Kier alpha value is -0.650. The predicted molar refractivity (Wildman–Crippen MR) is 63.7 cm³/mol. The van der Waals surface area contributed by atoms with E-state index >= 15 is 0 Å². The van der Waals surface area contributed by atoms with Crippen LogP contribution >= 0.6 is 0 Å². The largest absolute Gasteiger partial charge is 0.394 e. The topological polar surface area (TPSA) is 59.0 Å². The second-order valence-corrected chi connectivity index (χ2v) is 4.32. The molecule has 0 bridgehead atoms. The molecule has 1 atom stereocenters. The van der Waals surface area contributed by atoms with Crippen molar-refractivity contribution in [3.05, 3.63) is 0 Å². The summed E-state index contributed by atoms with van der Waals surface area (Å²) in [5, 5.41) is 9.29. The van der Waals surface area contributed by atoms with Gasteiger partial charge in [-0.15, -0.1) is 0 Å². The summed E-state index contributed by atoms with van der Waals surface area (Å²) in [5.41, 5.74) is 0. The third-order valence-electron chi connectivity index (χ3n) is 3.07. The fourth-order valence-electron chi connectivity index (χ4n) is 2.08. The van der Waals surface area contributed by atoms with Gasteiger partial charge in [0.1, 0.15) is 6.61 Å². The average molecular weight is 245 g/mol. The minimum Gasteiger partial charge on any atom is -0.394 e. The quantitative estimate of drug-likeness (QED) is 0.689. The predicted octanol–water partition coefficient (Wildman–Crippen LogP) is 0.413. The molecule has 1 N–H and O–H groups in total. The van der Waals surface area contributed by atoms with Crippen LogP contribution in [0.4, 0.5) is 0 Å². The highest BCUT2D eigenvalue weighted by Gasteiger charge is 2.24. The van der Waals surface area contributed by atoms with Crippen molar-refractivity contribution in [2.24, 2.45) is 0 Å². The number of amides is 1. The maximum absolute atomic E-state index is 11.9. The molecule has 1 aliphatic heterocycles. The van der Waals surface area contributed by atoms with E-state index in [2.05, 4.69) is 0 Å². The molecule has 1 aliphatic rings. The van der Waals surface area contributed by atoms with E-state index in [9.17, 15) is 9.90 Å². The molecule has 17 heavy (non-hydrogen) atoms. The number of carbonyl (C=O) groups is 1. The first kappa shape index (κ1) is 14.4. The number of aliphatic hydroxyl groups excluding tert-OH is 1. The maximum atomic E-state index is 11.9. The summed E-state index contributed by atoms with van der Waals surface area (Å²) in [5.74, 6) is -0.0259. The highest BCUT2D eigenvalue weighted by atomic mass is 16.5. The van der Waals surface area contributed by atoms with Crippen LogP contribution in [0.2, 0.25) is 0 Å². The maximum Gasteiger partial charge on any atom is 0.248 e. The van der Waals surface area contributed by atoms with Crippen LogP contribution in [0.1, 0.15) is 25.7 Å². The van der Waals surface area contributed by atoms with Gasteiger partial charge in [-0.25, -0.2) is 0 Å². The highest BCUT2D eigenvalue weighted by Crippen LogP contribution is 2.16. The molecule has 0 radical (unpaired) electrons. The van der Waals surface area contributed by atoms with Crippen LogP contribution in [0.15, 0.2) is 0 Å². The van der Waals surface area contributed by atoms with Crippen molar-refractivity contribution in [3.63, 3.8) is 0 Å². The van der Waals surface area contributed by atoms with E-state index in [-0.39, 0.29) is 25.2 Å². The van der Waals surface area contributed by atoms with Crippen LogP contribution in [-0.2, 0) is 14.3 Å². The summed E-state index contributed by atoms with van der Waals surface area (Å²) in [6, 6.07) is -0.0315. The summed E-state index contributed by atoms with van der Waals surface area (Å²) in [4.78, 5) is 13.7. The molecule has 0 spiro atoms. The summed E-state index contributed by atoms with van der Waals surface area (Å²) in [6.45, 7) is 1.79. The van der Waals surface area contributed by atoms with Gasteiger partial charge in [0.2, 0.25) is 5.91 Å². The molecule has 0 saturated carbocycles. The van der Waals surface area contributed by atoms with Crippen LogP contribution in [0.3, 0.4) is 0 Å². The van der Waals surface area contributed by atoms with Crippen LogP contribution in [0.5, 0.6) is 0 Å². The third-order valence-corrected chi connectivity index (χ3v) is 3.07. The molecule has 1 fully saturated rings. The first-order valence-corrected chi connectivity index (χ1v) is 6.26. The first-order valence-electron chi connectivity index (χ1n) is 6.26. The lowest BCUT2D eigenvalue weighted by atomic mass is 10.1. The van der Waals surface area contributed by atoms with E-state index in [1.165, 1.54) is 0 Å². The zero-order valence-electron chi connectivity index (χ0n) is 10.6. The molecule has 1 rings (SSSR count). The van der Waals surface area contributed by atoms with E-state index in [0.29, 0.717) is 13.2 Å². The lowest BCUT2D eigenvalue weighted by Gasteiger charge is -2.28. The molecule has 0 aromatic carbocycles. The van der Waals surface area contributed by atoms with Crippen LogP contribution in [0, 0.1) is 0 Å². The van der Waals surface area contributed by atoms with E-state index in [1.54, 1.807) is 12.0 Å². The molecule has 1 saturated heterocycles. The molecule has 100 valence electrons. The Kier molecular flexibility index (Phi) is 7.16. The van der Waals surface area contributed by atoms with Crippen LogP contribution < -0.4 is 0 Å². The fourth-order valence-corrected chi connectivity index (χ4v) is 2.08. The van der Waals surface area contributed by atoms with Gasteiger partial charge in [-0.05, 0) is 12.8 Å². The number of ether oxygens (including phenoxy) is 2. The Balaban J connectivity index is 2.35.